The summed E-state index contributed by atoms with van der Waals surface area (Å²) in [5.41, 5.74) is 1.01. The highest BCUT2D eigenvalue weighted by Gasteiger charge is 2.06. The zero-order chi connectivity index (χ0) is 10.6. The highest BCUT2D eigenvalue weighted by Crippen LogP contribution is 2.26. The summed E-state index contributed by atoms with van der Waals surface area (Å²) in [5.74, 6) is 0.0741. The van der Waals surface area contributed by atoms with Crippen LogP contribution in [0.2, 0.25) is 10.0 Å². The molecule has 0 aliphatic carbocycles. The molecule has 0 aromatic heterocycles. The van der Waals surface area contributed by atoms with Gasteiger partial charge < -0.3 is 4.79 Å². The quantitative estimate of drug-likeness (QED) is 0.721. The summed E-state index contributed by atoms with van der Waals surface area (Å²) in [4.78, 5) is 10.4. The standard InChI is InChI=1S/C11H12Cl2O/c1-8(7-14)5-6-9-3-2-4-10(12)11(9)13/h2-4,7-8H,5-6H2,1H3. The second-order valence-electron chi connectivity index (χ2n) is 3.36. The second-order valence-corrected chi connectivity index (χ2v) is 4.15. The predicted molar refractivity (Wildman–Crippen MR) is 60.0 cm³/mol. The Morgan fingerprint density at radius 1 is 1.43 bits per heavy atom. The first-order valence-corrected chi connectivity index (χ1v) is 5.29. The molecule has 0 radical (unpaired) electrons. The lowest BCUT2D eigenvalue weighted by Crippen LogP contribution is -1.98. The Balaban J connectivity index is 2.67. The molecule has 0 spiro atoms. The lowest BCUT2D eigenvalue weighted by Gasteiger charge is -2.06. The van der Waals surface area contributed by atoms with Gasteiger partial charge in [-0.2, -0.15) is 0 Å². The van der Waals surface area contributed by atoms with Crippen LogP contribution in [0.5, 0.6) is 0 Å². The number of halogens is 2. The van der Waals surface area contributed by atoms with Gasteiger partial charge in [0.1, 0.15) is 6.29 Å². The maximum atomic E-state index is 10.4. The van der Waals surface area contributed by atoms with E-state index in [1.165, 1.54) is 0 Å². The third kappa shape index (κ3) is 3.00. The molecule has 0 fully saturated rings. The molecule has 1 nitrogen and oxygen atoms in total. The van der Waals surface area contributed by atoms with Gasteiger partial charge >= 0.3 is 0 Å². The molecule has 1 aromatic carbocycles. The molecule has 0 bridgehead atoms. The summed E-state index contributed by atoms with van der Waals surface area (Å²) >= 11 is 11.9. The summed E-state index contributed by atoms with van der Waals surface area (Å²) in [6, 6.07) is 5.57. The topological polar surface area (TPSA) is 17.1 Å². The molecule has 0 saturated heterocycles. The smallest absolute Gasteiger partial charge is 0.122 e. The molecule has 1 rings (SSSR count). The minimum atomic E-state index is 0.0741. The van der Waals surface area contributed by atoms with E-state index in [4.69, 9.17) is 23.2 Å². The molecule has 0 aliphatic heterocycles. The van der Waals surface area contributed by atoms with Crippen molar-refractivity contribution < 1.29 is 4.79 Å². The van der Waals surface area contributed by atoms with Crippen molar-refractivity contribution in [2.45, 2.75) is 19.8 Å². The lowest BCUT2D eigenvalue weighted by molar-refractivity contribution is -0.110. The van der Waals surface area contributed by atoms with E-state index in [-0.39, 0.29) is 5.92 Å². The number of aldehydes is 1. The first-order valence-electron chi connectivity index (χ1n) is 4.53. The van der Waals surface area contributed by atoms with Gasteiger partial charge in [-0.3, -0.25) is 0 Å². The van der Waals surface area contributed by atoms with Crippen LogP contribution in [0.15, 0.2) is 18.2 Å². The average Bonchev–Trinajstić information content (AvgIpc) is 2.20. The summed E-state index contributed by atoms with van der Waals surface area (Å²) in [5, 5.41) is 1.18. The Bertz CT molecular complexity index is 323. The van der Waals surface area contributed by atoms with Gasteiger partial charge in [-0.05, 0) is 24.5 Å². The molecule has 1 aromatic rings. The van der Waals surface area contributed by atoms with Crippen molar-refractivity contribution in [1.29, 1.82) is 0 Å². The van der Waals surface area contributed by atoms with E-state index in [1.807, 2.05) is 19.1 Å². The van der Waals surface area contributed by atoms with Crippen molar-refractivity contribution in [3.8, 4) is 0 Å². The van der Waals surface area contributed by atoms with Gasteiger partial charge in [0.05, 0.1) is 10.0 Å². The molecule has 0 heterocycles. The van der Waals surface area contributed by atoms with E-state index in [9.17, 15) is 4.79 Å². The van der Waals surface area contributed by atoms with Crippen molar-refractivity contribution in [3.05, 3.63) is 33.8 Å². The zero-order valence-electron chi connectivity index (χ0n) is 7.97. The van der Waals surface area contributed by atoms with Gasteiger partial charge in [0.2, 0.25) is 0 Å². The molecule has 0 aliphatic rings. The van der Waals surface area contributed by atoms with Crippen LogP contribution in [0.1, 0.15) is 18.9 Å². The predicted octanol–water partition coefficient (Wildman–Crippen LogP) is 3.76. The van der Waals surface area contributed by atoms with Crippen LogP contribution in [0.4, 0.5) is 0 Å². The lowest BCUT2D eigenvalue weighted by atomic mass is 10.0. The maximum absolute atomic E-state index is 10.4. The third-order valence-electron chi connectivity index (χ3n) is 2.13. The molecule has 14 heavy (non-hydrogen) atoms. The Kier molecular flexibility index (Phi) is 4.43. The van der Waals surface area contributed by atoms with Gasteiger partial charge in [-0.25, -0.2) is 0 Å². The molecular weight excluding hydrogens is 219 g/mol. The number of carbonyl (C=O) groups is 1. The molecule has 1 unspecified atom stereocenters. The Morgan fingerprint density at radius 3 is 2.79 bits per heavy atom. The maximum Gasteiger partial charge on any atom is 0.122 e. The van der Waals surface area contributed by atoms with Crippen LogP contribution in [-0.4, -0.2) is 6.29 Å². The first-order chi connectivity index (χ1) is 6.65. The van der Waals surface area contributed by atoms with Crippen LogP contribution in [-0.2, 0) is 11.2 Å². The molecule has 3 heteroatoms. The van der Waals surface area contributed by atoms with E-state index in [0.29, 0.717) is 10.0 Å². The fourth-order valence-electron chi connectivity index (χ4n) is 1.19. The summed E-state index contributed by atoms with van der Waals surface area (Å²) < 4.78 is 0. The van der Waals surface area contributed by atoms with Gasteiger partial charge in [0.25, 0.3) is 0 Å². The second kappa shape index (κ2) is 5.38. The minimum absolute atomic E-state index is 0.0741. The van der Waals surface area contributed by atoms with Gasteiger partial charge in [-0.1, -0.05) is 42.3 Å². The molecule has 0 amide bonds. The number of hydrogen-bond acceptors (Lipinski definition) is 1. The first kappa shape index (κ1) is 11.5. The monoisotopic (exact) mass is 230 g/mol. The van der Waals surface area contributed by atoms with Crippen molar-refractivity contribution in [2.24, 2.45) is 5.92 Å². The van der Waals surface area contributed by atoms with Crippen LogP contribution in [0.25, 0.3) is 0 Å². The number of carbonyl (C=O) groups excluding carboxylic acids is 1. The van der Waals surface area contributed by atoms with Crippen molar-refractivity contribution in [2.75, 3.05) is 0 Å². The summed E-state index contributed by atoms with van der Waals surface area (Å²) in [7, 11) is 0. The average molecular weight is 231 g/mol. The Hall–Kier alpha value is -0.530. The SMILES string of the molecule is CC(C=O)CCc1cccc(Cl)c1Cl. The highest BCUT2D eigenvalue weighted by molar-refractivity contribution is 6.42. The Labute approximate surface area is 94.0 Å². The number of aryl methyl sites for hydroxylation is 1. The molecule has 76 valence electrons. The number of hydrogen-bond donors (Lipinski definition) is 0. The highest BCUT2D eigenvalue weighted by atomic mass is 35.5. The van der Waals surface area contributed by atoms with Gasteiger partial charge in [0, 0.05) is 5.92 Å². The van der Waals surface area contributed by atoms with Gasteiger partial charge in [0.15, 0.2) is 0 Å². The fourth-order valence-corrected chi connectivity index (χ4v) is 1.61. The van der Waals surface area contributed by atoms with Crippen LogP contribution in [0, 0.1) is 5.92 Å². The van der Waals surface area contributed by atoms with Crippen molar-refractivity contribution in [1.82, 2.24) is 0 Å². The molecule has 0 saturated carbocycles. The van der Waals surface area contributed by atoms with Gasteiger partial charge in [-0.15, -0.1) is 0 Å². The van der Waals surface area contributed by atoms with E-state index >= 15 is 0 Å². The van der Waals surface area contributed by atoms with E-state index in [1.54, 1.807) is 6.07 Å². The van der Waals surface area contributed by atoms with Crippen LogP contribution < -0.4 is 0 Å². The van der Waals surface area contributed by atoms with Crippen LogP contribution >= 0.6 is 23.2 Å². The third-order valence-corrected chi connectivity index (χ3v) is 2.99. The summed E-state index contributed by atoms with van der Waals surface area (Å²) in [6.45, 7) is 1.89. The number of benzene rings is 1. The molecule has 1 atom stereocenters. The van der Waals surface area contributed by atoms with E-state index in [2.05, 4.69) is 0 Å². The minimum Gasteiger partial charge on any atom is -0.303 e. The normalized spacial score (nSPS) is 12.5. The molecule has 0 N–H and O–H groups in total. The summed E-state index contributed by atoms with van der Waals surface area (Å²) in [6.07, 6.45) is 2.56. The fraction of sp³-hybridized carbons (Fsp3) is 0.364. The van der Waals surface area contributed by atoms with Crippen molar-refractivity contribution in [3.63, 3.8) is 0 Å². The largest absolute Gasteiger partial charge is 0.303 e. The Morgan fingerprint density at radius 2 is 2.14 bits per heavy atom. The van der Waals surface area contributed by atoms with Crippen molar-refractivity contribution >= 4 is 29.5 Å². The zero-order valence-corrected chi connectivity index (χ0v) is 9.48. The molecular formula is C11H12Cl2O. The number of rotatable bonds is 4. The van der Waals surface area contributed by atoms with E-state index in [0.717, 1.165) is 24.7 Å². The van der Waals surface area contributed by atoms with E-state index < -0.39 is 0 Å². The van der Waals surface area contributed by atoms with Crippen LogP contribution in [0.3, 0.4) is 0 Å².